The molecule has 1 heterocycles. The van der Waals surface area contributed by atoms with E-state index in [1.807, 2.05) is 37.3 Å². The molecule has 2 aliphatic rings. The van der Waals surface area contributed by atoms with Crippen molar-refractivity contribution in [2.45, 2.75) is 68.8 Å². The number of nitrogens with one attached hydrogen (secondary N) is 1. The molecule has 0 bridgehead atoms. The van der Waals surface area contributed by atoms with Crippen molar-refractivity contribution in [3.8, 4) is 0 Å². The molecule has 1 aliphatic heterocycles. The molecule has 4 rings (SSSR count). The third kappa shape index (κ3) is 4.96. The predicted molar refractivity (Wildman–Crippen MR) is 122 cm³/mol. The Bertz CT molecular complexity index is 906. The molecule has 3 unspecified atom stereocenters. The van der Waals surface area contributed by atoms with Gasteiger partial charge in [0.25, 0.3) is 0 Å². The minimum atomic E-state index is -3.60. The molecule has 0 radical (unpaired) electrons. The summed E-state index contributed by atoms with van der Waals surface area (Å²) in [5.41, 5.74) is 2.13. The number of piperidine rings is 1. The van der Waals surface area contributed by atoms with Crippen molar-refractivity contribution >= 4 is 10.0 Å². The van der Waals surface area contributed by atoms with E-state index in [2.05, 4.69) is 21.8 Å². The fourth-order valence-electron chi connectivity index (χ4n) is 5.25. The van der Waals surface area contributed by atoms with Crippen LogP contribution in [0.2, 0.25) is 0 Å². The van der Waals surface area contributed by atoms with Crippen LogP contribution in [0.25, 0.3) is 0 Å². The van der Waals surface area contributed by atoms with E-state index in [0.29, 0.717) is 16.9 Å². The highest BCUT2D eigenvalue weighted by Crippen LogP contribution is 2.39. The van der Waals surface area contributed by atoms with Gasteiger partial charge in [-0.2, -0.15) is 0 Å². The number of hydrogen-bond acceptors (Lipinski definition) is 3. The van der Waals surface area contributed by atoms with Crippen LogP contribution in [0.15, 0.2) is 59.5 Å². The van der Waals surface area contributed by atoms with Gasteiger partial charge in [-0.1, -0.05) is 67.3 Å². The SMILES string of the molecule is Cc1ccc(S(=O)(=O)NC(c2ccccc2)C2CCCCC2N2CCCCC2)cc1. The number of aryl methyl sites for hydroxylation is 1. The molecule has 0 amide bonds. The third-order valence-corrected chi connectivity index (χ3v) is 8.30. The van der Waals surface area contributed by atoms with Crippen molar-refractivity contribution in [3.63, 3.8) is 0 Å². The van der Waals surface area contributed by atoms with Crippen molar-refractivity contribution < 1.29 is 8.42 Å². The third-order valence-electron chi connectivity index (χ3n) is 6.84. The lowest BCUT2D eigenvalue weighted by Gasteiger charge is -2.45. The van der Waals surface area contributed by atoms with E-state index in [9.17, 15) is 8.42 Å². The van der Waals surface area contributed by atoms with Gasteiger partial charge in [0.15, 0.2) is 0 Å². The van der Waals surface area contributed by atoms with Gasteiger partial charge in [0.2, 0.25) is 10.0 Å². The number of likely N-dealkylation sites (tertiary alicyclic amines) is 1. The maximum atomic E-state index is 13.3. The van der Waals surface area contributed by atoms with Crippen LogP contribution in [-0.4, -0.2) is 32.4 Å². The van der Waals surface area contributed by atoms with Crippen LogP contribution in [0.3, 0.4) is 0 Å². The summed E-state index contributed by atoms with van der Waals surface area (Å²) in [6.45, 7) is 4.27. The molecule has 3 atom stereocenters. The number of nitrogens with zero attached hydrogens (tertiary/aromatic N) is 1. The molecule has 1 N–H and O–H groups in total. The Hall–Kier alpha value is -1.69. The van der Waals surface area contributed by atoms with Crippen LogP contribution in [0.5, 0.6) is 0 Å². The van der Waals surface area contributed by atoms with Gasteiger partial charge in [-0.25, -0.2) is 13.1 Å². The maximum Gasteiger partial charge on any atom is 0.241 e. The smallest absolute Gasteiger partial charge is 0.241 e. The zero-order valence-electron chi connectivity index (χ0n) is 18.0. The Morgan fingerprint density at radius 2 is 1.53 bits per heavy atom. The first-order valence-electron chi connectivity index (χ1n) is 11.4. The van der Waals surface area contributed by atoms with Gasteiger partial charge in [-0.3, -0.25) is 0 Å². The molecule has 2 aromatic rings. The summed E-state index contributed by atoms with van der Waals surface area (Å²) in [4.78, 5) is 2.99. The number of rotatable bonds is 6. The molecule has 5 heteroatoms. The van der Waals surface area contributed by atoms with Gasteiger partial charge in [-0.05, 0) is 69.3 Å². The zero-order valence-corrected chi connectivity index (χ0v) is 18.8. The topological polar surface area (TPSA) is 49.4 Å². The molecule has 2 aromatic carbocycles. The van der Waals surface area contributed by atoms with Gasteiger partial charge >= 0.3 is 0 Å². The second-order valence-corrected chi connectivity index (χ2v) is 10.6. The number of hydrogen-bond donors (Lipinski definition) is 1. The lowest BCUT2D eigenvalue weighted by Crippen LogP contribution is -2.49. The summed E-state index contributed by atoms with van der Waals surface area (Å²) < 4.78 is 29.8. The molecule has 2 fully saturated rings. The highest BCUT2D eigenvalue weighted by atomic mass is 32.2. The highest BCUT2D eigenvalue weighted by Gasteiger charge is 2.38. The zero-order chi connectivity index (χ0) is 21.0. The Balaban J connectivity index is 1.66. The molecule has 30 heavy (non-hydrogen) atoms. The average molecular weight is 427 g/mol. The molecule has 1 saturated heterocycles. The lowest BCUT2D eigenvalue weighted by atomic mass is 9.76. The van der Waals surface area contributed by atoms with Crippen LogP contribution in [0.4, 0.5) is 0 Å². The second-order valence-electron chi connectivity index (χ2n) is 8.93. The summed E-state index contributed by atoms with van der Waals surface area (Å²) in [7, 11) is -3.60. The predicted octanol–water partition coefficient (Wildman–Crippen LogP) is 5.06. The first-order chi connectivity index (χ1) is 14.5. The fourth-order valence-corrected chi connectivity index (χ4v) is 6.52. The van der Waals surface area contributed by atoms with Crippen molar-refractivity contribution in [2.75, 3.05) is 13.1 Å². The van der Waals surface area contributed by atoms with Gasteiger partial charge in [0.05, 0.1) is 10.9 Å². The maximum absolute atomic E-state index is 13.3. The fraction of sp³-hybridized carbons (Fsp3) is 0.520. The van der Waals surface area contributed by atoms with Crippen LogP contribution in [0, 0.1) is 12.8 Å². The Morgan fingerprint density at radius 3 is 2.23 bits per heavy atom. The molecule has 1 aliphatic carbocycles. The minimum Gasteiger partial charge on any atom is -0.300 e. The summed E-state index contributed by atoms with van der Waals surface area (Å²) in [5, 5.41) is 0. The first-order valence-corrected chi connectivity index (χ1v) is 12.9. The minimum absolute atomic E-state index is 0.204. The van der Waals surface area contributed by atoms with E-state index in [1.165, 1.54) is 38.5 Å². The molecule has 4 nitrogen and oxygen atoms in total. The molecule has 1 saturated carbocycles. The Labute approximate surface area is 181 Å². The van der Waals surface area contributed by atoms with E-state index >= 15 is 0 Å². The van der Waals surface area contributed by atoms with Crippen LogP contribution in [0.1, 0.15) is 62.1 Å². The van der Waals surface area contributed by atoms with E-state index < -0.39 is 10.0 Å². The van der Waals surface area contributed by atoms with E-state index in [0.717, 1.165) is 30.6 Å². The van der Waals surface area contributed by atoms with Crippen LogP contribution < -0.4 is 4.72 Å². The van der Waals surface area contributed by atoms with Crippen molar-refractivity contribution in [1.29, 1.82) is 0 Å². The second kappa shape index (κ2) is 9.63. The van der Waals surface area contributed by atoms with Gasteiger partial charge in [-0.15, -0.1) is 0 Å². The Kier molecular flexibility index (Phi) is 6.91. The molecule has 162 valence electrons. The van der Waals surface area contributed by atoms with Crippen LogP contribution in [-0.2, 0) is 10.0 Å². The molecule has 0 spiro atoms. The summed E-state index contributed by atoms with van der Waals surface area (Å²) in [6, 6.07) is 17.6. The lowest BCUT2D eigenvalue weighted by molar-refractivity contribution is 0.0695. The summed E-state index contributed by atoms with van der Waals surface area (Å²) >= 11 is 0. The Morgan fingerprint density at radius 1 is 0.867 bits per heavy atom. The monoisotopic (exact) mass is 426 g/mol. The largest absolute Gasteiger partial charge is 0.300 e. The summed E-state index contributed by atoms with van der Waals surface area (Å²) in [5.74, 6) is 0.291. The van der Waals surface area contributed by atoms with Gasteiger partial charge in [0.1, 0.15) is 0 Å². The number of sulfonamides is 1. The quantitative estimate of drug-likeness (QED) is 0.702. The first kappa shape index (κ1) is 21.5. The molecular weight excluding hydrogens is 392 g/mol. The summed E-state index contributed by atoms with van der Waals surface area (Å²) in [6.07, 6.45) is 8.48. The van der Waals surface area contributed by atoms with Crippen molar-refractivity contribution in [3.05, 3.63) is 65.7 Å². The van der Waals surface area contributed by atoms with Gasteiger partial charge < -0.3 is 4.90 Å². The van der Waals surface area contributed by atoms with E-state index in [4.69, 9.17) is 0 Å². The van der Waals surface area contributed by atoms with E-state index in [1.54, 1.807) is 12.1 Å². The van der Waals surface area contributed by atoms with Crippen molar-refractivity contribution in [1.82, 2.24) is 9.62 Å². The molecular formula is C25H34N2O2S. The average Bonchev–Trinajstić information content (AvgIpc) is 2.79. The normalized spacial score (nSPS) is 24.4. The standard InChI is InChI=1S/C25H34N2O2S/c1-20-14-16-22(17-15-20)30(28,29)26-25(21-10-4-2-5-11-21)23-12-6-7-13-24(23)27-18-8-3-9-19-27/h2,4-5,10-11,14-17,23-26H,3,6-9,12-13,18-19H2,1H3. The highest BCUT2D eigenvalue weighted by molar-refractivity contribution is 7.89. The van der Waals surface area contributed by atoms with Crippen molar-refractivity contribution in [2.24, 2.45) is 5.92 Å². The van der Waals surface area contributed by atoms with E-state index in [-0.39, 0.29) is 6.04 Å². The van der Waals surface area contributed by atoms with Gasteiger partial charge in [0, 0.05) is 6.04 Å². The molecule has 0 aromatic heterocycles. The number of benzene rings is 2. The van der Waals surface area contributed by atoms with Crippen LogP contribution >= 0.6 is 0 Å².